The Bertz CT molecular complexity index is 1130. The average Bonchev–Trinajstić information content (AvgIpc) is 3.38. The first kappa shape index (κ1) is 24.7. The quantitative estimate of drug-likeness (QED) is 0.292. The van der Waals surface area contributed by atoms with Crippen LogP contribution < -0.4 is 14.8 Å². The third-order valence-corrected chi connectivity index (χ3v) is 6.34. The maximum Gasteiger partial charge on any atom is 0.373 e. The Labute approximate surface area is 203 Å². The van der Waals surface area contributed by atoms with Gasteiger partial charge in [-0.3, -0.25) is 9.69 Å². The van der Waals surface area contributed by atoms with Crippen molar-refractivity contribution in [3.05, 3.63) is 50.5 Å². The van der Waals surface area contributed by atoms with Crippen molar-refractivity contribution in [1.82, 2.24) is 10.2 Å². The molecule has 1 aliphatic rings. The number of urea groups is 1. The van der Waals surface area contributed by atoms with Crippen LogP contribution in [0.3, 0.4) is 0 Å². The predicted octanol–water partition coefficient (Wildman–Crippen LogP) is 4.76. The van der Waals surface area contributed by atoms with E-state index in [1.807, 2.05) is 13.8 Å². The molecular weight excluding hydrogens is 520 g/mol. The van der Waals surface area contributed by atoms with E-state index in [0.29, 0.717) is 21.5 Å². The fourth-order valence-corrected chi connectivity index (χ4v) is 3.61. The Kier molecular flexibility index (Phi) is 7.70. The van der Waals surface area contributed by atoms with Crippen LogP contribution in [0.4, 0.5) is 4.79 Å². The minimum absolute atomic E-state index is 0.0271. The van der Waals surface area contributed by atoms with E-state index in [1.165, 1.54) is 32.4 Å². The molecule has 11 heteroatoms. The highest BCUT2D eigenvalue weighted by Crippen LogP contribution is 2.44. The summed E-state index contributed by atoms with van der Waals surface area (Å²) in [5.41, 5.74) is 0.541. The number of ether oxygens (including phenoxy) is 3. The van der Waals surface area contributed by atoms with Gasteiger partial charge in [0.1, 0.15) is 16.5 Å². The number of methoxy groups -OCH3 is 2. The van der Waals surface area contributed by atoms with E-state index in [-0.39, 0.29) is 34.9 Å². The number of rotatable bonds is 8. The molecule has 1 saturated heterocycles. The van der Waals surface area contributed by atoms with Crippen LogP contribution in [0.25, 0.3) is 6.08 Å². The molecule has 0 aliphatic carbocycles. The van der Waals surface area contributed by atoms with Crippen LogP contribution in [-0.4, -0.2) is 43.1 Å². The minimum Gasteiger partial charge on any atom is -0.493 e. The van der Waals surface area contributed by atoms with Crippen molar-refractivity contribution in [2.75, 3.05) is 14.2 Å². The Morgan fingerprint density at radius 1 is 1.33 bits per heavy atom. The molecule has 1 aromatic carbocycles. The highest BCUT2D eigenvalue weighted by Gasteiger charge is 2.35. The molecule has 0 unspecified atom stereocenters. The van der Waals surface area contributed by atoms with Crippen LogP contribution in [0.2, 0.25) is 5.02 Å². The Balaban J connectivity index is 1.87. The molecule has 3 rings (SSSR count). The van der Waals surface area contributed by atoms with Gasteiger partial charge in [-0.05, 0) is 59.1 Å². The van der Waals surface area contributed by atoms with E-state index >= 15 is 0 Å². The van der Waals surface area contributed by atoms with Gasteiger partial charge in [-0.25, -0.2) is 9.59 Å². The zero-order chi connectivity index (χ0) is 24.3. The van der Waals surface area contributed by atoms with Crippen molar-refractivity contribution in [3.63, 3.8) is 0 Å². The Hall–Kier alpha value is -2.98. The normalized spacial score (nSPS) is 15.6. The van der Waals surface area contributed by atoms with E-state index < -0.39 is 17.9 Å². The standard InChI is InChI=1S/C22H22BrClN2O7/c1-5-11(2)32-19-16(30-3)9-12(17(23)18(19)24)8-14-20(27)26(22(29)25-14)10-13-6-7-15(33-13)21(28)31-4/h6-9,11H,5,10H2,1-4H3,(H,25,29)/b14-8-/t11-/m0/s1. The van der Waals surface area contributed by atoms with Gasteiger partial charge in [0.05, 0.1) is 26.9 Å². The summed E-state index contributed by atoms with van der Waals surface area (Å²) in [6.07, 6.45) is 2.17. The summed E-state index contributed by atoms with van der Waals surface area (Å²) in [4.78, 5) is 37.8. The molecule has 1 aliphatic heterocycles. The van der Waals surface area contributed by atoms with Crippen molar-refractivity contribution in [2.24, 2.45) is 0 Å². The SMILES string of the molecule is CC[C@H](C)Oc1c(OC)cc(/C=C2\NC(=O)N(Cc3ccc(C(=O)OC)o3)C2=O)c(Br)c1Cl. The van der Waals surface area contributed by atoms with Crippen LogP contribution in [0, 0.1) is 0 Å². The number of carbonyl (C=O) groups excluding carboxylic acids is 3. The number of nitrogens with zero attached hydrogens (tertiary/aromatic N) is 1. The highest BCUT2D eigenvalue weighted by molar-refractivity contribution is 9.10. The lowest BCUT2D eigenvalue weighted by molar-refractivity contribution is -0.123. The van der Waals surface area contributed by atoms with Crippen LogP contribution in [0.1, 0.15) is 42.1 Å². The molecule has 3 amide bonds. The molecule has 0 spiro atoms. The largest absolute Gasteiger partial charge is 0.493 e. The molecule has 1 fully saturated rings. The topological polar surface area (TPSA) is 107 Å². The molecule has 0 bridgehead atoms. The summed E-state index contributed by atoms with van der Waals surface area (Å²) in [5, 5.41) is 2.81. The van der Waals surface area contributed by atoms with Gasteiger partial charge < -0.3 is 23.9 Å². The van der Waals surface area contributed by atoms with E-state index in [4.69, 9.17) is 25.5 Å². The number of benzene rings is 1. The molecule has 2 aromatic rings. The van der Waals surface area contributed by atoms with Crippen LogP contribution in [0.15, 0.2) is 32.8 Å². The Morgan fingerprint density at radius 3 is 2.70 bits per heavy atom. The first-order valence-electron chi connectivity index (χ1n) is 9.94. The third kappa shape index (κ3) is 5.17. The maximum atomic E-state index is 12.9. The Morgan fingerprint density at radius 2 is 2.06 bits per heavy atom. The average molecular weight is 542 g/mol. The number of carbonyl (C=O) groups is 3. The van der Waals surface area contributed by atoms with Crippen molar-refractivity contribution >= 4 is 51.5 Å². The third-order valence-electron chi connectivity index (χ3n) is 4.89. The maximum absolute atomic E-state index is 12.9. The lowest BCUT2D eigenvalue weighted by Gasteiger charge is -2.18. The smallest absolute Gasteiger partial charge is 0.373 e. The lowest BCUT2D eigenvalue weighted by Crippen LogP contribution is -2.30. The van der Waals surface area contributed by atoms with Crippen LogP contribution in [0.5, 0.6) is 11.5 Å². The zero-order valence-electron chi connectivity index (χ0n) is 18.4. The summed E-state index contributed by atoms with van der Waals surface area (Å²) in [5.74, 6) is -0.244. The molecule has 33 heavy (non-hydrogen) atoms. The molecular formula is C22H22BrClN2O7. The summed E-state index contributed by atoms with van der Waals surface area (Å²) < 4.78 is 21.7. The monoisotopic (exact) mass is 540 g/mol. The van der Waals surface area contributed by atoms with Gasteiger partial charge in [-0.1, -0.05) is 18.5 Å². The second kappa shape index (κ2) is 10.3. The van der Waals surface area contributed by atoms with Crippen molar-refractivity contribution < 1.29 is 33.0 Å². The summed E-state index contributed by atoms with van der Waals surface area (Å²) in [6.45, 7) is 3.73. The minimum atomic E-state index is -0.657. The van der Waals surface area contributed by atoms with Crippen molar-refractivity contribution in [1.29, 1.82) is 0 Å². The fraction of sp³-hybridized carbons (Fsp3) is 0.318. The zero-order valence-corrected chi connectivity index (χ0v) is 20.7. The number of hydrogen-bond acceptors (Lipinski definition) is 7. The van der Waals surface area contributed by atoms with Gasteiger partial charge in [-0.15, -0.1) is 0 Å². The predicted molar refractivity (Wildman–Crippen MR) is 123 cm³/mol. The summed E-state index contributed by atoms with van der Waals surface area (Å²) >= 11 is 9.93. The van der Waals surface area contributed by atoms with Crippen molar-refractivity contribution in [3.8, 4) is 11.5 Å². The number of esters is 1. The number of nitrogens with one attached hydrogen (secondary N) is 1. The van der Waals surface area contributed by atoms with Gasteiger partial charge in [-0.2, -0.15) is 0 Å². The number of hydrogen-bond donors (Lipinski definition) is 1. The molecule has 1 aromatic heterocycles. The van der Waals surface area contributed by atoms with Gasteiger partial charge in [0.15, 0.2) is 11.5 Å². The summed E-state index contributed by atoms with van der Waals surface area (Å²) in [6, 6.07) is 3.92. The second-order valence-corrected chi connectivity index (χ2v) is 8.27. The van der Waals surface area contributed by atoms with Gasteiger partial charge in [0, 0.05) is 4.47 Å². The number of furan rings is 1. The second-order valence-electron chi connectivity index (χ2n) is 7.10. The molecule has 2 heterocycles. The lowest BCUT2D eigenvalue weighted by atomic mass is 10.1. The van der Waals surface area contributed by atoms with E-state index in [9.17, 15) is 14.4 Å². The molecule has 0 saturated carbocycles. The summed E-state index contributed by atoms with van der Waals surface area (Å²) in [7, 11) is 2.71. The van der Waals surface area contributed by atoms with Gasteiger partial charge in [0.2, 0.25) is 5.76 Å². The van der Waals surface area contributed by atoms with Crippen LogP contribution in [-0.2, 0) is 16.1 Å². The molecule has 176 valence electrons. The first-order valence-corrected chi connectivity index (χ1v) is 11.1. The first-order chi connectivity index (χ1) is 15.7. The molecule has 9 nitrogen and oxygen atoms in total. The van der Waals surface area contributed by atoms with E-state index in [0.717, 1.165) is 11.3 Å². The van der Waals surface area contributed by atoms with E-state index in [1.54, 1.807) is 6.07 Å². The van der Waals surface area contributed by atoms with Gasteiger partial charge >= 0.3 is 12.0 Å². The van der Waals surface area contributed by atoms with Crippen molar-refractivity contribution in [2.45, 2.75) is 32.9 Å². The molecule has 0 radical (unpaired) electrons. The number of imide groups is 1. The van der Waals surface area contributed by atoms with E-state index in [2.05, 4.69) is 26.0 Å². The highest BCUT2D eigenvalue weighted by atomic mass is 79.9. The van der Waals surface area contributed by atoms with Gasteiger partial charge in [0.25, 0.3) is 5.91 Å². The van der Waals surface area contributed by atoms with Crippen LogP contribution >= 0.6 is 27.5 Å². The molecule has 1 atom stereocenters. The molecule has 1 N–H and O–H groups in total. The number of halogens is 2. The fourth-order valence-electron chi connectivity index (χ4n) is 2.96. The number of amides is 3.